The number of aryl methyl sites for hydroxylation is 1. The molecule has 5 heteroatoms. The van der Waals surface area contributed by atoms with Crippen LogP contribution in [0.5, 0.6) is 0 Å². The predicted octanol–water partition coefficient (Wildman–Crippen LogP) is 3.91. The third-order valence-corrected chi connectivity index (χ3v) is 3.95. The van der Waals surface area contributed by atoms with E-state index in [1.54, 1.807) is 18.2 Å². The summed E-state index contributed by atoms with van der Waals surface area (Å²) < 4.78 is 2.10. The molecule has 1 heterocycles. The summed E-state index contributed by atoms with van der Waals surface area (Å²) in [6.07, 6.45) is 6.00. The van der Waals surface area contributed by atoms with Crippen LogP contribution in [0.1, 0.15) is 12.0 Å². The largest absolute Gasteiger partial charge is 0.352 e. The molecule has 0 radical (unpaired) electrons. The van der Waals surface area contributed by atoms with Crippen LogP contribution in [-0.2, 0) is 11.3 Å². The Hall–Kier alpha value is -2.59. The Balaban J connectivity index is 1.44. The third kappa shape index (κ3) is 4.24. The smallest absolute Gasteiger partial charge is 0.244 e. The second-order valence-electron chi connectivity index (χ2n) is 5.46. The average Bonchev–Trinajstić information content (AvgIpc) is 3.01. The van der Waals surface area contributed by atoms with Gasteiger partial charge >= 0.3 is 0 Å². The number of nitrogens with zero attached hydrogens (tertiary/aromatic N) is 2. The van der Waals surface area contributed by atoms with Crippen molar-refractivity contribution in [1.82, 2.24) is 14.9 Å². The number of carbonyl (C=O) groups is 1. The van der Waals surface area contributed by atoms with E-state index >= 15 is 0 Å². The normalized spacial score (nSPS) is 11.2. The molecule has 1 N–H and O–H groups in total. The Bertz CT molecular complexity index is 852. The molecule has 2 aromatic carbocycles. The molecule has 1 amide bonds. The van der Waals surface area contributed by atoms with Gasteiger partial charge in [-0.25, -0.2) is 4.98 Å². The summed E-state index contributed by atoms with van der Waals surface area (Å²) in [4.78, 5) is 16.2. The van der Waals surface area contributed by atoms with Gasteiger partial charge in [-0.05, 0) is 42.3 Å². The molecule has 122 valence electrons. The minimum Gasteiger partial charge on any atom is -0.352 e. The van der Waals surface area contributed by atoms with Gasteiger partial charge in [-0.1, -0.05) is 35.9 Å². The van der Waals surface area contributed by atoms with Gasteiger partial charge in [0, 0.05) is 24.2 Å². The molecule has 24 heavy (non-hydrogen) atoms. The monoisotopic (exact) mass is 339 g/mol. The van der Waals surface area contributed by atoms with Crippen LogP contribution in [-0.4, -0.2) is 22.0 Å². The summed E-state index contributed by atoms with van der Waals surface area (Å²) in [5, 5.41) is 3.57. The lowest BCUT2D eigenvalue weighted by atomic mass is 10.2. The molecule has 0 saturated carbocycles. The van der Waals surface area contributed by atoms with Crippen molar-refractivity contribution in [1.29, 1.82) is 0 Å². The summed E-state index contributed by atoms with van der Waals surface area (Å²) in [6, 6.07) is 15.4. The van der Waals surface area contributed by atoms with E-state index in [1.165, 1.54) is 6.08 Å². The van der Waals surface area contributed by atoms with E-state index in [9.17, 15) is 4.79 Å². The molecule has 1 aromatic heterocycles. The maximum Gasteiger partial charge on any atom is 0.244 e. The number of nitrogens with one attached hydrogen (secondary N) is 1. The van der Waals surface area contributed by atoms with Gasteiger partial charge in [0.1, 0.15) is 0 Å². The molecule has 0 spiro atoms. The summed E-state index contributed by atoms with van der Waals surface area (Å²) in [6.45, 7) is 1.44. The SMILES string of the molecule is O=C(/C=C/c1ccc(Cl)cc1)NCCCn1cnc2ccccc21. The number of hydrogen-bond donors (Lipinski definition) is 1. The van der Waals surface area contributed by atoms with Crippen LogP contribution in [0.15, 0.2) is 60.9 Å². The molecule has 0 aliphatic carbocycles. The zero-order valence-corrected chi connectivity index (χ0v) is 13.9. The van der Waals surface area contributed by atoms with Crippen LogP contribution >= 0.6 is 11.6 Å². The summed E-state index contributed by atoms with van der Waals surface area (Å²) in [7, 11) is 0. The van der Waals surface area contributed by atoms with Crippen molar-refractivity contribution < 1.29 is 4.79 Å². The third-order valence-electron chi connectivity index (χ3n) is 3.70. The number of aromatic nitrogens is 2. The van der Waals surface area contributed by atoms with Crippen LogP contribution < -0.4 is 5.32 Å². The number of halogens is 1. The fraction of sp³-hybridized carbons (Fsp3) is 0.158. The van der Waals surface area contributed by atoms with Gasteiger partial charge in [0.15, 0.2) is 0 Å². The van der Waals surface area contributed by atoms with Crippen molar-refractivity contribution in [3.63, 3.8) is 0 Å². The van der Waals surface area contributed by atoms with E-state index in [-0.39, 0.29) is 5.91 Å². The van der Waals surface area contributed by atoms with Crippen molar-refractivity contribution in [3.05, 3.63) is 71.5 Å². The number of imidazole rings is 1. The highest BCUT2D eigenvalue weighted by atomic mass is 35.5. The lowest BCUT2D eigenvalue weighted by molar-refractivity contribution is -0.116. The van der Waals surface area contributed by atoms with Gasteiger partial charge in [0.05, 0.1) is 17.4 Å². The lowest BCUT2D eigenvalue weighted by Crippen LogP contribution is -2.23. The topological polar surface area (TPSA) is 46.9 Å². The Kier molecular flexibility index (Phi) is 5.29. The van der Waals surface area contributed by atoms with Crippen LogP contribution in [0.4, 0.5) is 0 Å². The van der Waals surface area contributed by atoms with Crippen molar-refractivity contribution >= 4 is 34.6 Å². The fourth-order valence-corrected chi connectivity index (χ4v) is 2.58. The number of rotatable bonds is 6. The summed E-state index contributed by atoms with van der Waals surface area (Å²) >= 11 is 5.83. The van der Waals surface area contributed by atoms with Crippen molar-refractivity contribution in [2.75, 3.05) is 6.54 Å². The number of hydrogen-bond acceptors (Lipinski definition) is 2. The van der Waals surface area contributed by atoms with Gasteiger partial charge in [0.25, 0.3) is 0 Å². The fourth-order valence-electron chi connectivity index (χ4n) is 2.45. The van der Waals surface area contributed by atoms with Crippen LogP contribution in [0.25, 0.3) is 17.1 Å². The molecular weight excluding hydrogens is 322 g/mol. The molecule has 0 aliphatic rings. The zero-order valence-electron chi connectivity index (χ0n) is 13.2. The van der Waals surface area contributed by atoms with Gasteiger partial charge in [-0.15, -0.1) is 0 Å². The number of benzene rings is 2. The molecule has 3 rings (SSSR count). The van der Waals surface area contributed by atoms with Gasteiger partial charge in [0.2, 0.25) is 5.91 Å². The van der Waals surface area contributed by atoms with Gasteiger partial charge in [-0.3, -0.25) is 4.79 Å². The second-order valence-corrected chi connectivity index (χ2v) is 5.89. The zero-order chi connectivity index (χ0) is 16.8. The second kappa shape index (κ2) is 7.79. The Morgan fingerprint density at radius 3 is 2.79 bits per heavy atom. The summed E-state index contributed by atoms with van der Waals surface area (Å²) in [5.41, 5.74) is 3.05. The maximum absolute atomic E-state index is 11.8. The Morgan fingerprint density at radius 1 is 1.17 bits per heavy atom. The van der Waals surface area contributed by atoms with Crippen LogP contribution in [0.2, 0.25) is 5.02 Å². The molecule has 0 fully saturated rings. The number of amides is 1. The number of carbonyl (C=O) groups excluding carboxylic acids is 1. The first-order valence-corrected chi connectivity index (χ1v) is 8.21. The van der Waals surface area contributed by atoms with E-state index in [2.05, 4.69) is 20.9 Å². The first-order valence-electron chi connectivity index (χ1n) is 7.84. The van der Waals surface area contributed by atoms with Crippen molar-refractivity contribution in [2.24, 2.45) is 0 Å². The molecule has 0 atom stereocenters. The molecule has 4 nitrogen and oxygen atoms in total. The highest BCUT2D eigenvalue weighted by Crippen LogP contribution is 2.12. The Labute approximate surface area is 145 Å². The molecule has 0 aliphatic heterocycles. The first kappa shape index (κ1) is 16.3. The molecule has 0 unspecified atom stereocenters. The predicted molar refractivity (Wildman–Crippen MR) is 97.8 cm³/mol. The van der Waals surface area contributed by atoms with Crippen molar-refractivity contribution in [3.8, 4) is 0 Å². The first-order chi connectivity index (χ1) is 11.7. The Morgan fingerprint density at radius 2 is 1.96 bits per heavy atom. The average molecular weight is 340 g/mol. The maximum atomic E-state index is 11.8. The van der Waals surface area contributed by atoms with Gasteiger partial charge < -0.3 is 9.88 Å². The minimum atomic E-state index is -0.0968. The van der Waals surface area contributed by atoms with E-state index in [0.717, 1.165) is 29.6 Å². The van der Waals surface area contributed by atoms with E-state index in [1.807, 2.05) is 36.7 Å². The quantitative estimate of drug-likeness (QED) is 0.546. The number of para-hydroxylation sites is 2. The summed E-state index contributed by atoms with van der Waals surface area (Å²) in [5.74, 6) is -0.0968. The number of fused-ring (bicyclic) bond motifs is 1. The van der Waals surface area contributed by atoms with E-state index in [4.69, 9.17) is 11.6 Å². The van der Waals surface area contributed by atoms with Crippen molar-refractivity contribution in [2.45, 2.75) is 13.0 Å². The minimum absolute atomic E-state index is 0.0968. The lowest BCUT2D eigenvalue weighted by Gasteiger charge is -2.05. The highest BCUT2D eigenvalue weighted by Gasteiger charge is 2.01. The molecule has 3 aromatic rings. The van der Waals surface area contributed by atoms with Crippen LogP contribution in [0, 0.1) is 0 Å². The molecule has 0 saturated heterocycles. The van der Waals surface area contributed by atoms with Gasteiger partial charge in [-0.2, -0.15) is 0 Å². The van der Waals surface area contributed by atoms with E-state index < -0.39 is 0 Å². The molecular formula is C19H18ClN3O. The highest BCUT2D eigenvalue weighted by molar-refractivity contribution is 6.30. The molecule has 0 bridgehead atoms. The standard InChI is InChI=1S/C19H18ClN3O/c20-16-9-6-15(7-10-16)8-11-19(24)21-12-3-13-23-14-22-17-4-1-2-5-18(17)23/h1-2,4-11,14H,3,12-13H2,(H,21,24)/b11-8+. The van der Waals surface area contributed by atoms with Crippen LogP contribution in [0.3, 0.4) is 0 Å². The van der Waals surface area contributed by atoms with E-state index in [0.29, 0.717) is 11.6 Å².